The molecular formula is C15H23N. The summed E-state index contributed by atoms with van der Waals surface area (Å²) in [4.78, 5) is 0. The molecule has 16 heavy (non-hydrogen) atoms. The van der Waals surface area contributed by atoms with Crippen molar-refractivity contribution in [2.24, 2.45) is 11.7 Å². The maximum atomic E-state index is 6.41. The first-order chi connectivity index (χ1) is 7.72. The molecule has 1 saturated carbocycles. The molecule has 88 valence electrons. The fraction of sp³-hybridized carbons (Fsp3) is 0.600. The monoisotopic (exact) mass is 217 g/mol. The van der Waals surface area contributed by atoms with Crippen LogP contribution in [0.15, 0.2) is 30.3 Å². The van der Waals surface area contributed by atoms with Gasteiger partial charge in [-0.05, 0) is 43.6 Å². The Hall–Kier alpha value is -0.820. The van der Waals surface area contributed by atoms with E-state index in [0.717, 1.165) is 5.92 Å². The Kier molecular flexibility index (Phi) is 3.65. The summed E-state index contributed by atoms with van der Waals surface area (Å²) in [7, 11) is 0. The van der Waals surface area contributed by atoms with Crippen LogP contribution in [-0.2, 0) is 6.42 Å². The Morgan fingerprint density at radius 3 is 2.75 bits per heavy atom. The van der Waals surface area contributed by atoms with E-state index in [1.165, 1.54) is 44.1 Å². The van der Waals surface area contributed by atoms with Crippen LogP contribution in [0.2, 0.25) is 0 Å². The van der Waals surface area contributed by atoms with E-state index in [0.29, 0.717) is 0 Å². The smallest absolute Gasteiger partial charge is 0.0157 e. The van der Waals surface area contributed by atoms with Crippen LogP contribution >= 0.6 is 0 Å². The first kappa shape index (κ1) is 11.7. The van der Waals surface area contributed by atoms with Crippen molar-refractivity contribution in [2.45, 2.75) is 51.0 Å². The standard InChI is InChI=1S/C15H23N/c1-2-9-15(16)10-8-14(12-15)11-13-6-4-3-5-7-13/h3-7,14H,2,8-12,16H2,1H3. The molecule has 0 aliphatic heterocycles. The molecule has 0 saturated heterocycles. The lowest BCUT2D eigenvalue weighted by Gasteiger charge is -2.23. The van der Waals surface area contributed by atoms with Crippen molar-refractivity contribution in [3.8, 4) is 0 Å². The first-order valence-electron chi connectivity index (χ1n) is 6.55. The molecule has 1 aliphatic rings. The molecule has 0 spiro atoms. The quantitative estimate of drug-likeness (QED) is 0.820. The Bertz CT molecular complexity index is 319. The summed E-state index contributed by atoms with van der Waals surface area (Å²) in [6, 6.07) is 10.8. The van der Waals surface area contributed by atoms with Crippen molar-refractivity contribution in [3.63, 3.8) is 0 Å². The van der Waals surface area contributed by atoms with Crippen LogP contribution in [0.4, 0.5) is 0 Å². The van der Waals surface area contributed by atoms with Crippen LogP contribution in [0, 0.1) is 5.92 Å². The minimum Gasteiger partial charge on any atom is -0.325 e. The third-order valence-corrected chi connectivity index (χ3v) is 3.86. The predicted octanol–water partition coefficient (Wildman–Crippen LogP) is 3.53. The van der Waals surface area contributed by atoms with E-state index in [1.54, 1.807) is 0 Å². The minimum atomic E-state index is 0.147. The molecule has 0 heterocycles. The van der Waals surface area contributed by atoms with Crippen LogP contribution in [0.25, 0.3) is 0 Å². The highest BCUT2D eigenvalue weighted by Crippen LogP contribution is 2.37. The van der Waals surface area contributed by atoms with Crippen LogP contribution in [0.3, 0.4) is 0 Å². The molecular weight excluding hydrogens is 194 g/mol. The van der Waals surface area contributed by atoms with Gasteiger partial charge in [0, 0.05) is 5.54 Å². The zero-order valence-corrected chi connectivity index (χ0v) is 10.3. The van der Waals surface area contributed by atoms with Gasteiger partial charge in [0.25, 0.3) is 0 Å². The average molecular weight is 217 g/mol. The topological polar surface area (TPSA) is 26.0 Å². The molecule has 1 heteroatoms. The number of hydrogen-bond acceptors (Lipinski definition) is 1. The Morgan fingerprint density at radius 2 is 2.06 bits per heavy atom. The summed E-state index contributed by atoms with van der Waals surface area (Å²) >= 11 is 0. The van der Waals surface area contributed by atoms with Gasteiger partial charge in [-0.1, -0.05) is 43.7 Å². The lowest BCUT2D eigenvalue weighted by molar-refractivity contribution is 0.381. The zero-order chi connectivity index (χ0) is 11.4. The van der Waals surface area contributed by atoms with Crippen LogP contribution in [0.1, 0.15) is 44.6 Å². The summed E-state index contributed by atoms with van der Waals surface area (Å²) in [6.45, 7) is 2.24. The second kappa shape index (κ2) is 5.01. The van der Waals surface area contributed by atoms with Crippen LogP contribution < -0.4 is 5.73 Å². The molecule has 2 N–H and O–H groups in total. The van der Waals surface area contributed by atoms with E-state index < -0.39 is 0 Å². The maximum absolute atomic E-state index is 6.41. The lowest BCUT2D eigenvalue weighted by atomic mass is 9.90. The van der Waals surface area contributed by atoms with E-state index in [9.17, 15) is 0 Å². The van der Waals surface area contributed by atoms with E-state index in [1.807, 2.05) is 0 Å². The van der Waals surface area contributed by atoms with E-state index >= 15 is 0 Å². The van der Waals surface area contributed by atoms with E-state index in [4.69, 9.17) is 5.73 Å². The van der Waals surface area contributed by atoms with Gasteiger partial charge in [0.1, 0.15) is 0 Å². The van der Waals surface area contributed by atoms with Gasteiger partial charge in [0.15, 0.2) is 0 Å². The number of rotatable bonds is 4. The largest absolute Gasteiger partial charge is 0.325 e. The van der Waals surface area contributed by atoms with Gasteiger partial charge in [-0.2, -0.15) is 0 Å². The molecule has 1 aromatic carbocycles. The van der Waals surface area contributed by atoms with Crippen molar-refractivity contribution in [2.75, 3.05) is 0 Å². The molecule has 2 unspecified atom stereocenters. The molecule has 1 aromatic rings. The highest BCUT2D eigenvalue weighted by Gasteiger charge is 2.34. The molecule has 1 fully saturated rings. The van der Waals surface area contributed by atoms with Gasteiger partial charge in [0.2, 0.25) is 0 Å². The van der Waals surface area contributed by atoms with Crippen molar-refractivity contribution in [1.29, 1.82) is 0 Å². The fourth-order valence-electron chi connectivity index (χ4n) is 3.12. The second-order valence-electron chi connectivity index (χ2n) is 5.41. The van der Waals surface area contributed by atoms with Crippen molar-refractivity contribution >= 4 is 0 Å². The van der Waals surface area contributed by atoms with Crippen LogP contribution in [0.5, 0.6) is 0 Å². The first-order valence-corrected chi connectivity index (χ1v) is 6.55. The SMILES string of the molecule is CCCC1(N)CCC(Cc2ccccc2)C1. The van der Waals surface area contributed by atoms with Gasteiger partial charge in [-0.15, -0.1) is 0 Å². The van der Waals surface area contributed by atoms with Crippen molar-refractivity contribution < 1.29 is 0 Å². The number of nitrogens with two attached hydrogens (primary N) is 1. The van der Waals surface area contributed by atoms with Crippen molar-refractivity contribution in [1.82, 2.24) is 0 Å². The third-order valence-electron chi connectivity index (χ3n) is 3.86. The third kappa shape index (κ3) is 2.85. The zero-order valence-electron chi connectivity index (χ0n) is 10.3. The predicted molar refractivity (Wildman–Crippen MR) is 69.3 cm³/mol. The summed E-state index contributed by atoms with van der Waals surface area (Å²) in [5, 5.41) is 0. The van der Waals surface area contributed by atoms with Crippen molar-refractivity contribution in [3.05, 3.63) is 35.9 Å². The summed E-state index contributed by atoms with van der Waals surface area (Å²) in [5.74, 6) is 0.805. The Morgan fingerprint density at radius 1 is 1.31 bits per heavy atom. The van der Waals surface area contributed by atoms with Gasteiger partial charge in [-0.25, -0.2) is 0 Å². The number of hydrogen-bond donors (Lipinski definition) is 1. The maximum Gasteiger partial charge on any atom is 0.0157 e. The molecule has 1 aliphatic carbocycles. The molecule has 0 bridgehead atoms. The molecule has 0 amide bonds. The fourth-order valence-corrected chi connectivity index (χ4v) is 3.12. The Balaban J connectivity index is 1.90. The lowest BCUT2D eigenvalue weighted by Crippen LogP contribution is -2.36. The second-order valence-corrected chi connectivity index (χ2v) is 5.41. The van der Waals surface area contributed by atoms with Gasteiger partial charge in [-0.3, -0.25) is 0 Å². The minimum absolute atomic E-state index is 0.147. The average Bonchev–Trinajstić information content (AvgIpc) is 2.62. The van der Waals surface area contributed by atoms with Gasteiger partial charge in [0.05, 0.1) is 0 Å². The summed E-state index contributed by atoms with van der Waals surface area (Å²) in [5.41, 5.74) is 8.03. The highest BCUT2D eigenvalue weighted by molar-refractivity contribution is 5.16. The van der Waals surface area contributed by atoms with E-state index in [-0.39, 0.29) is 5.54 Å². The summed E-state index contributed by atoms with van der Waals surface area (Å²) < 4.78 is 0. The molecule has 1 nitrogen and oxygen atoms in total. The number of benzene rings is 1. The molecule has 2 atom stereocenters. The molecule has 2 rings (SSSR count). The molecule has 0 aromatic heterocycles. The molecule has 0 radical (unpaired) electrons. The normalized spacial score (nSPS) is 29.5. The highest BCUT2D eigenvalue weighted by atomic mass is 14.8. The van der Waals surface area contributed by atoms with Crippen LogP contribution in [-0.4, -0.2) is 5.54 Å². The van der Waals surface area contributed by atoms with E-state index in [2.05, 4.69) is 37.3 Å². The Labute approximate surface area is 99.0 Å². The van der Waals surface area contributed by atoms with Gasteiger partial charge >= 0.3 is 0 Å². The summed E-state index contributed by atoms with van der Waals surface area (Å²) in [6.07, 6.45) is 7.37. The van der Waals surface area contributed by atoms with Gasteiger partial charge < -0.3 is 5.73 Å².